The van der Waals surface area contributed by atoms with Crippen LogP contribution in [0.3, 0.4) is 0 Å². The molecule has 3 fully saturated rings. The van der Waals surface area contributed by atoms with Crippen LogP contribution >= 0.6 is 0 Å². The summed E-state index contributed by atoms with van der Waals surface area (Å²) in [5, 5.41) is 5.28. The second kappa shape index (κ2) is 15.4. The molecular weight excluding hydrogens is 716 g/mol. The van der Waals surface area contributed by atoms with Crippen LogP contribution < -0.4 is 46.8 Å². The monoisotopic (exact) mass is 760 g/mol. The number of fused-ring (bicyclic) bond motifs is 2. The molecule has 5 aromatic rings. The summed E-state index contributed by atoms with van der Waals surface area (Å²) in [4.78, 5) is 61.2. The van der Waals surface area contributed by atoms with Gasteiger partial charge in [-0.25, -0.2) is 4.98 Å². The molecule has 3 amide bonds. The molecule has 0 radical (unpaired) electrons. The molecule has 3 aliphatic heterocycles. The van der Waals surface area contributed by atoms with Crippen molar-refractivity contribution in [2.45, 2.75) is 31.7 Å². The maximum Gasteiger partial charge on any atom is 0.255 e. The number of ether oxygens (including phenoxy) is 2. The number of anilines is 4. The molecule has 3 aliphatic rings. The zero-order valence-electron chi connectivity index (χ0n) is 31.1. The first kappa shape index (κ1) is 36.6. The van der Waals surface area contributed by atoms with Gasteiger partial charge in [0.1, 0.15) is 23.1 Å². The number of nitrogens with zero attached hydrogens (tertiary/aromatic N) is 4. The molecule has 8 rings (SSSR count). The number of carbonyl (C=O) groups is 3. The number of amides is 3. The highest BCUT2D eigenvalue weighted by molar-refractivity contribution is 6.04. The molecule has 2 aromatic heterocycles. The van der Waals surface area contributed by atoms with E-state index in [1.54, 1.807) is 30.3 Å². The fourth-order valence-corrected chi connectivity index (χ4v) is 7.84. The number of methoxy groups -OCH3 is 1. The number of nitrogens with one attached hydrogen (secondary N) is 2. The Hall–Kier alpha value is -6.35. The van der Waals surface area contributed by atoms with Crippen LogP contribution in [-0.2, 0) is 9.59 Å². The molecular formula is C41H44N8O7. The van der Waals surface area contributed by atoms with Gasteiger partial charge in [-0.2, -0.15) is 0 Å². The summed E-state index contributed by atoms with van der Waals surface area (Å²) in [6.07, 6.45) is 2.59. The lowest BCUT2D eigenvalue weighted by Gasteiger charge is -2.40. The minimum Gasteiger partial charge on any atom is -0.496 e. The van der Waals surface area contributed by atoms with E-state index in [1.807, 2.05) is 36.4 Å². The molecule has 3 saturated heterocycles. The van der Waals surface area contributed by atoms with Gasteiger partial charge in [-0.3, -0.25) is 29.4 Å². The second-order valence-corrected chi connectivity index (χ2v) is 14.5. The minimum atomic E-state index is -0.752. The molecule has 15 nitrogen and oxygen atoms in total. The average molecular weight is 761 g/mol. The summed E-state index contributed by atoms with van der Waals surface area (Å²) in [5.41, 5.74) is 15.4. The molecule has 56 heavy (non-hydrogen) atoms. The Bertz CT molecular complexity index is 2370. The van der Waals surface area contributed by atoms with E-state index in [-0.39, 0.29) is 46.5 Å². The summed E-state index contributed by atoms with van der Waals surface area (Å²) in [6.45, 7) is 6.66. The molecule has 1 unspecified atom stereocenters. The molecule has 0 saturated carbocycles. The SMILES string of the molecule is COc1cc(N2CCC(CN3CCN(c4ccc(Oc5cc6oc7cccc(N)c7c(=O)c6nc5N)cc4)CC3)CC2)ccc1C(=O)NC1CCC(=O)NC1=O. The highest BCUT2D eigenvalue weighted by Crippen LogP contribution is 2.33. The number of hydrogen-bond acceptors (Lipinski definition) is 13. The number of pyridine rings is 1. The minimum absolute atomic E-state index is 0.0784. The zero-order valence-corrected chi connectivity index (χ0v) is 31.1. The first-order valence-corrected chi connectivity index (χ1v) is 18.9. The van der Waals surface area contributed by atoms with Crippen LogP contribution in [0.25, 0.3) is 22.1 Å². The van der Waals surface area contributed by atoms with Gasteiger partial charge in [-0.15, -0.1) is 0 Å². The summed E-state index contributed by atoms with van der Waals surface area (Å²) < 4.78 is 17.6. The lowest BCUT2D eigenvalue weighted by molar-refractivity contribution is -0.134. The number of carbonyl (C=O) groups excluding carboxylic acids is 3. The van der Waals surface area contributed by atoms with Crippen molar-refractivity contribution in [2.24, 2.45) is 5.92 Å². The fraction of sp³-hybridized carbons (Fsp3) is 0.341. The summed E-state index contributed by atoms with van der Waals surface area (Å²) in [6, 6.07) is 19.3. The Morgan fingerprint density at radius 3 is 2.34 bits per heavy atom. The molecule has 0 bridgehead atoms. The van der Waals surface area contributed by atoms with Gasteiger partial charge in [0, 0.05) is 81.4 Å². The van der Waals surface area contributed by atoms with Crippen molar-refractivity contribution in [3.8, 4) is 17.2 Å². The standard InChI is InChI=1S/C41H44N8O7/c1-54-32-21-26(7-10-28(32)40(52)44-30-11-12-35(50)45-41(30)53)48-15-13-24(14-16-48)23-47-17-19-49(20-18-47)25-5-8-27(9-6-25)55-34-22-33-37(46-39(34)43)38(51)36-29(42)3-2-4-31(36)56-33/h2-10,21-22,24,30H,11-20,23,42H2,1H3,(H2,43,46)(H,44,52)(H,45,50,53). The van der Waals surface area contributed by atoms with Crippen molar-refractivity contribution in [2.75, 3.05) is 74.2 Å². The number of benzene rings is 3. The van der Waals surface area contributed by atoms with Crippen molar-refractivity contribution in [3.63, 3.8) is 0 Å². The van der Waals surface area contributed by atoms with E-state index in [4.69, 9.17) is 25.4 Å². The third kappa shape index (κ3) is 7.49. The predicted molar refractivity (Wildman–Crippen MR) is 213 cm³/mol. The van der Waals surface area contributed by atoms with E-state index in [9.17, 15) is 19.2 Å². The van der Waals surface area contributed by atoms with E-state index >= 15 is 0 Å². The van der Waals surface area contributed by atoms with E-state index < -0.39 is 17.9 Å². The van der Waals surface area contributed by atoms with Gasteiger partial charge < -0.3 is 40.5 Å². The first-order chi connectivity index (χ1) is 27.1. The van der Waals surface area contributed by atoms with Crippen LogP contribution in [0.5, 0.6) is 17.2 Å². The fourth-order valence-electron chi connectivity index (χ4n) is 7.84. The van der Waals surface area contributed by atoms with Crippen molar-refractivity contribution < 1.29 is 28.3 Å². The molecule has 5 heterocycles. The van der Waals surface area contributed by atoms with Gasteiger partial charge in [-0.1, -0.05) is 6.07 Å². The lowest BCUT2D eigenvalue weighted by atomic mass is 9.95. The number of rotatable bonds is 9. The number of aromatic nitrogens is 1. The van der Waals surface area contributed by atoms with Gasteiger partial charge in [0.2, 0.25) is 17.2 Å². The number of piperidine rings is 2. The Morgan fingerprint density at radius 2 is 1.61 bits per heavy atom. The molecule has 0 aliphatic carbocycles. The third-order valence-corrected chi connectivity index (χ3v) is 11.0. The van der Waals surface area contributed by atoms with E-state index in [1.165, 1.54) is 7.11 Å². The third-order valence-electron chi connectivity index (χ3n) is 11.0. The summed E-state index contributed by atoms with van der Waals surface area (Å²) in [5.74, 6) is 0.768. The van der Waals surface area contributed by atoms with Gasteiger partial charge in [-0.05, 0) is 73.7 Å². The predicted octanol–water partition coefficient (Wildman–Crippen LogP) is 3.88. The largest absolute Gasteiger partial charge is 0.496 e. The van der Waals surface area contributed by atoms with Gasteiger partial charge in [0.05, 0.1) is 18.1 Å². The van der Waals surface area contributed by atoms with Crippen molar-refractivity contribution in [1.29, 1.82) is 0 Å². The Morgan fingerprint density at radius 1 is 0.875 bits per heavy atom. The summed E-state index contributed by atoms with van der Waals surface area (Å²) >= 11 is 0. The van der Waals surface area contributed by atoms with E-state index in [0.29, 0.717) is 40.0 Å². The van der Waals surface area contributed by atoms with Crippen LogP contribution in [0.2, 0.25) is 0 Å². The van der Waals surface area contributed by atoms with Gasteiger partial charge in [0.25, 0.3) is 5.91 Å². The number of hydrogen-bond donors (Lipinski definition) is 4. The van der Waals surface area contributed by atoms with Gasteiger partial charge in [0.15, 0.2) is 22.7 Å². The smallest absolute Gasteiger partial charge is 0.255 e. The van der Waals surface area contributed by atoms with Gasteiger partial charge >= 0.3 is 0 Å². The van der Waals surface area contributed by atoms with Crippen LogP contribution in [0.1, 0.15) is 36.0 Å². The molecule has 6 N–H and O–H groups in total. The number of nitrogens with two attached hydrogens (primary N) is 2. The highest BCUT2D eigenvalue weighted by Gasteiger charge is 2.30. The normalized spacial score (nSPS) is 18.3. The maximum atomic E-state index is 13.1. The van der Waals surface area contributed by atoms with E-state index in [0.717, 1.165) is 70.0 Å². The average Bonchev–Trinajstić information content (AvgIpc) is 3.20. The number of imide groups is 1. The van der Waals surface area contributed by atoms with Crippen LogP contribution in [0.4, 0.5) is 22.9 Å². The van der Waals surface area contributed by atoms with Crippen molar-refractivity contribution in [1.82, 2.24) is 20.5 Å². The molecule has 0 spiro atoms. The molecule has 1 atom stereocenters. The Labute approximate surface area is 322 Å². The lowest BCUT2D eigenvalue weighted by Crippen LogP contribution is -2.52. The zero-order chi connectivity index (χ0) is 38.9. The first-order valence-electron chi connectivity index (χ1n) is 18.9. The molecule has 290 valence electrons. The quantitative estimate of drug-likeness (QED) is 0.0960. The van der Waals surface area contributed by atoms with Crippen molar-refractivity contribution >= 4 is 62.7 Å². The number of nitrogen functional groups attached to an aromatic ring is 2. The molecule has 3 aromatic carbocycles. The molecule has 15 heteroatoms. The Balaban J connectivity index is 0.813. The van der Waals surface area contributed by atoms with Crippen LogP contribution in [0, 0.1) is 5.92 Å². The topological polar surface area (TPSA) is 199 Å². The number of piperazine rings is 1. The second-order valence-electron chi connectivity index (χ2n) is 14.5. The van der Waals surface area contributed by atoms with Crippen LogP contribution in [-0.4, -0.2) is 86.6 Å². The maximum absolute atomic E-state index is 13.1. The van der Waals surface area contributed by atoms with Crippen molar-refractivity contribution in [3.05, 3.63) is 82.5 Å². The highest BCUT2D eigenvalue weighted by atomic mass is 16.5. The summed E-state index contributed by atoms with van der Waals surface area (Å²) in [7, 11) is 1.53. The Kier molecular flexibility index (Phi) is 10.1. The van der Waals surface area contributed by atoms with Crippen LogP contribution in [0.15, 0.2) is 75.9 Å². The van der Waals surface area contributed by atoms with E-state index in [2.05, 4.69) is 30.3 Å².